The molecule has 0 amide bonds. The third kappa shape index (κ3) is 2.68. The molecule has 2 unspecified atom stereocenters. The molecule has 0 aliphatic carbocycles. The van der Waals surface area contributed by atoms with Crippen LogP contribution in [0.25, 0.3) is 0 Å². The maximum absolute atomic E-state index is 10.3. The van der Waals surface area contributed by atoms with Crippen molar-refractivity contribution in [3.8, 4) is 5.75 Å². The van der Waals surface area contributed by atoms with Crippen LogP contribution in [0.4, 0.5) is 0 Å². The highest BCUT2D eigenvalue weighted by molar-refractivity contribution is 5.38. The van der Waals surface area contributed by atoms with Crippen LogP contribution in [0.2, 0.25) is 0 Å². The minimum absolute atomic E-state index is 0.0786. The molecule has 0 aromatic heterocycles. The number of aliphatic hydroxyl groups is 1. The average molecular weight is 249 g/mol. The van der Waals surface area contributed by atoms with Gasteiger partial charge in [0.1, 0.15) is 18.5 Å². The van der Waals surface area contributed by atoms with Crippen LogP contribution in [0.1, 0.15) is 38.3 Å². The highest BCUT2D eigenvalue weighted by atomic mass is 16.5. The Morgan fingerprint density at radius 3 is 2.56 bits per heavy atom. The zero-order valence-electron chi connectivity index (χ0n) is 11.3. The Morgan fingerprint density at radius 1 is 1.22 bits per heavy atom. The van der Waals surface area contributed by atoms with Gasteiger partial charge in [-0.1, -0.05) is 32.0 Å². The number of fused-ring (bicyclic) bond motifs is 1. The lowest BCUT2D eigenvalue weighted by molar-refractivity contribution is -0.000197. The molecule has 0 saturated heterocycles. The lowest BCUT2D eigenvalue weighted by Crippen LogP contribution is -2.42. The summed E-state index contributed by atoms with van der Waals surface area (Å²) in [5, 5.41) is 10.3. The van der Waals surface area contributed by atoms with E-state index in [1.165, 1.54) is 0 Å². The Labute approximate surface area is 109 Å². The van der Waals surface area contributed by atoms with Crippen LogP contribution in [0.5, 0.6) is 5.75 Å². The van der Waals surface area contributed by atoms with Gasteiger partial charge in [-0.25, -0.2) is 0 Å². The number of aliphatic hydroxyl groups excluding tert-OH is 1. The van der Waals surface area contributed by atoms with Crippen molar-refractivity contribution in [1.29, 1.82) is 0 Å². The Morgan fingerprint density at radius 2 is 1.89 bits per heavy atom. The third-order valence-electron chi connectivity index (χ3n) is 3.43. The first-order chi connectivity index (χ1) is 8.77. The molecule has 1 N–H and O–H groups in total. The Hall–Kier alpha value is -1.06. The SMILES string of the molecule is CCCN(CCC)C1c2ccccc2OCC1O. The molecule has 3 nitrogen and oxygen atoms in total. The van der Waals surface area contributed by atoms with E-state index in [4.69, 9.17) is 4.74 Å². The monoisotopic (exact) mass is 249 g/mol. The maximum atomic E-state index is 10.3. The molecular weight excluding hydrogens is 226 g/mol. The summed E-state index contributed by atoms with van der Waals surface area (Å²) in [5.74, 6) is 0.921. The lowest BCUT2D eigenvalue weighted by atomic mass is 9.96. The van der Waals surface area contributed by atoms with Crippen molar-refractivity contribution < 1.29 is 9.84 Å². The Bertz CT molecular complexity index is 375. The Kier molecular flexibility index (Phi) is 4.61. The van der Waals surface area contributed by atoms with Gasteiger partial charge in [0.15, 0.2) is 0 Å². The third-order valence-corrected chi connectivity index (χ3v) is 3.43. The van der Waals surface area contributed by atoms with Gasteiger partial charge in [0, 0.05) is 5.56 Å². The zero-order chi connectivity index (χ0) is 13.0. The molecule has 2 rings (SSSR count). The standard InChI is InChI=1S/C15H23NO2/c1-3-9-16(10-4-2)15-12-7-5-6-8-14(12)18-11-13(15)17/h5-8,13,15,17H,3-4,9-11H2,1-2H3. The van der Waals surface area contributed by atoms with Gasteiger partial charge in [0.2, 0.25) is 0 Å². The topological polar surface area (TPSA) is 32.7 Å². The molecule has 100 valence electrons. The molecule has 1 heterocycles. The van der Waals surface area contributed by atoms with Gasteiger partial charge in [-0.15, -0.1) is 0 Å². The average Bonchev–Trinajstić information content (AvgIpc) is 2.38. The molecule has 3 heteroatoms. The van der Waals surface area contributed by atoms with E-state index in [1.807, 2.05) is 18.2 Å². The maximum Gasteiger partial charge on any atom is 0.124 e. The number of rotatable bonds is 5. The van der Waals surface area contributed by atoms with Crippen molar-refractivity contribution in [3.05, 3.63) is 29.8 Å². The first-order valence-electron chi connectivity index (χ1n) is 6.91. The lowest BCUT2D eigenvalue weighted by Gasteiger charge is -2.38. The first-order valence-corrected chi connectivity index (χ1v) is 6.91. The number of hydrogen-bond donors (Lipinski definition) is 1. The van der Waals surface area contributed by atoms with Gasteiger partial charge in [0.25, 0.3) is 0 Å². The van der Waals surface area contributed by atoms with E-state index in [2.05, 4.69) is 24.8 Å². The van der Waals surface area contributed by atoms with Gasteiger partial charge in [0.05, 0.1) is 6.04 Å². The van der Waals surface area contributed by atoms with Crippen molar-refractivity contribution in [2.45, 2.75) is 38.8 Å². The largest absolute Gasteiger partial charge is 0.490 e. The van der Waals surface area contributed by atoms with Gasteiger partial charge < -0.3 is 9.84 Å². The van der Waals surface area contributed by atoms with E-state index < -0.39 is 6.10 Å². The predicted octanol–water partition coefficient (Wildman–Crippen LogP) is 2.60. The predicted molar refractivity (Wildman–Crippen MR) is 72.8 cm³/mol. The van der Waals surface area contributed by atoms with E-state index in [-0.39, 0.29) is 6.04 Å². The van der Waals surface area contributed by atoms with E-state index in [9.17, 15) is 5.11 Å². The summed E-state index contributed by atoms with van der Waals surface area (Å²) < 4.78 is 5.60. The number of ether oxygens (including phenoxy) is 1. The van der Waals surface area contributed by atoms with E-state index in [1.54, 1.807) is 0 Å². The minimum Gasteiger partial charge on any atom is -0.490 e. The number of benzene rings is 1. The van der Waals surface area contributed by atoms with E-state index in [0.29, 0.717) is 6.61 Å². The summed E-state index contributed by atoms with van der Waals surface area (Å²) in [6.45, 7) is 6.79. The molecule has 0 fully saturated rings. The highest BCUT2D eigenvalue weighted by Gasteiger charge is 2.33. The van der Waals surface area contributed by atoms with Crippen LogP contribution in [0.15, 0.2) is 24.3 Å². The van der Waals surface area contributed by atoms with Gasteiger partial charge in [-0.2, -0.15) is 0 Å². The second-order valence-corrected chi connectivity index (χ2v) is 4.90. The number of para-hydroxylation sites is 1. The van der Waals surface area contributed by atoms with Gasteiger partial charge in [-0.3, -0.25) is 4.90 Å². The normalized spacial score (nSPS) is 22.7. The number of hydrogen-bond acceptors (Lipinski definition) is 3. The highest BCUT2D eigenvalue weighted by Crippen LogP contribution is 2.36. The van der Waals surface area contributed by atoms with Crippen molar-refractivity contribution in [2.24, 2.45) is 0 Å². The first kappa shape index (κ1) is 13.4. The van der Waals surface area contributed by atoms with Gasteiger partial charge in [-0.05, 0) is 32.0 Å². The van der Waals surface area contributed by atoms with E-state index in [0.717, 1.165) is 37.2 Å². The molecule has 1 aromatic rings. The van der Waals surface area contributed by atoms with Crippen molar-refractivity contribution in [2.75, 3.05) is 19.7 Å². The van der Waals surface area contributed by atoms with Crippen LogP contribution < -0.4 is 4.74 Å². The molecule has 1 aromatic carbocycles. The summed E-state index contributed by atoms with van der Waals surface area (Å²) in [6.07, 6.45) is 1.77. The molecule has 2 atom stereocenters. The van der Waals surface area contributed by atoms with Crippen molar-refractivity contribution in [3.63, 3.8) is 0 Å². The van der Waals surface area contributed by atoms with E-state index >= 15 is 0 Å². The molecular formula is C15H23NO2. The zero-order valence-corrected chi connectivity index (χ0v) is 11.3. The summed E-state index contributed by atoms with van der Waals surface area (Å²) in [6, 6.07) is 8.14. The van der Waals surface area contributed by atoms with Crippen LogP contribution in [0.3, 0.4) is 0 Å². The summed E-state index contributed by atoms with van der Waals surface area (Å²) in [5.41, 5.74) is 1.12. The fourth-order valence-corrected chi connectivity index (χ4v) is 2.73. The van der Waals surface area contributed by atoms with Crippen molar-refractivity contribution >= 4 is 0 Å². The number of nitrogens with zero attached hydrogens (tertiary/aromatic N) is 1. The minimum atomic E-state index is -0.432. The van der Waals surface area contributed by atoms with Crippen LogP contribution in [-0.4, -0.2) is 35.8 Å². The molecule has 0 spiro atoms. The Balaban J connectivity index is 2.28. The smallest absolute Gasteiger partial charge is 0.124 e. The molecule has 0 radical (unpaired) electrons. The summed E-state index contributed by atoms with van der Waals surface area (Å²) in [4.78, 5) is 2.38. The molecule has 1 aliphatic heterocycles. The molecule has 0 saturated carbocycles. The quantitative estimate of drug-likeness (QED) is 0.870. The van der Waals surface area contributed by atoms with Crippen molar-refractivity contribution in [1.82, 2.24) is 4.90 Å². The van der Waals surface area contributed by atoms with Crippen LogP contribution in [0, 0.1) is 0 Å². The van der Waals surface area contributed by atoms with Crippen LogP contribution in [-0.2, 0) is 0 Å². The fourth-order valence-electron chi connectivity index (χ4n) is 2.73. The molecule has 1 aliphatic rings. The molecule has 0 bridgehead atoms. The van der Waals surface area contributed by atoms with Gasteiger partial charge >= 0.3 is 0 Å². The second kappa shape index (κ2) is 6.21. The summed E-state index contributed by atoms with van der Waals surface area (Å²) >= 11 is 0. The van der Waals surface area contributed by atoms with Crippen LogP contribution >= 0.6 is 0 Å². The molecule has 18 heavy (non-hydrogen) atoms. The second-order valence-electron chi connectivity index (χ2n) is 4.90. The summed E-state index contributed by atoms with van der Waals surface area (Å²) in [7, 11) is 0. The fraction of sp³-hybridized carbons (Fsp3) is 0.600.